The van der Waals surface area contributed by atoms with E-state index in [9.17, 15) is 23.3 Å². The van der Waals surface area contributed by atoms with Crippen molar-refractivity contribution in [2.24, 2.45) is 0 Å². The highest BCUT2D eigenvalue weighted by Gasteiger charge is 2.22. The summed E-state index contributed by atoms with van der Waals surface area (Å²) >= 11 is 12.2. The van der Waals surface area contributed by atoms with E-state index in [1.54, 1.807) is 30.3 Å². The third-order valence-electron chi connectivity index (χ3n) is 5.54. The van der Waals surface area contributed by atoms with Crippen LogP contribution in [0.25, 0.3) is 0 Å². The van der Waals surface area contributed by atoms with Crippen LogP contribution in [0, 0.1) is 10.1 Å². The van der Waals surface area contributed by atoms with Gasteiger partial charge >= 0.3 is 0 Å². The molecule has 0 bridgehead atoms. The Labute approximate surface area is 234 Å². The number of anilines is 1. The lowest BCUT2D eigenvalue weighted by Gasteiger charge is -2.20. The molecule has 4 aromatic carbocycles. The maximum Gasteiger partial charge on any atom is 0.269 e. The number of carbonyl (C=O) groups is 1. The van der Waals surface area contributed by atoms with Crippen LogP contribution < -0.4 is 9.46 Å². The molecule has 0 aromatic heterocycles. The van der Waals surface area contributed by atoms with Gasteiger partial charge in [0.25, 0.3) is 21.6 Å². The largest absolute Gasteiger partial charge is 0.456 e. The summed E-state index contributed by atoms with van der Waals surface area (Å²) in [7, 11) is -2.60. The standard InChI is InChI=1S/C27H21Cl2N3O6S/c1-31(17-18-5-4-6-20(15-18)32(34)35)27(33)23-16-19(28)9-14-25(23)30-39(36,37)22-12-10-21(11-13-22)38-26-8-3-2-7-24(26)29/h2-16,30H,17H2,1H3. The maximum atomic E-state index is 13.3. The number of hydrogen-bond acceptors (Lipinski definition) is 6. The van der Waals surface area contributed by atoms with Crippen LogP contribution in [0.5, 0.6) is 11.5 Å². The number of sulfonamides is 1. The molecule has 1 N–H and O–H groups in total. The lowest BCUT2D eigenvalue weighted by Crippen LogP contribution is -2.27. The summed E-state index contributed by atoms with van der Waals surface area (Å²) in [5.74, 6) is 0.267. The third-order valence-corrected chi connectivity index (χ3v) is 7.47. The molecule has 0 fully saturated rings. The molecule has 4 rings (SSSR count). The maximum absolute atomic E-state index is 13.3. The van der Waals surface area contributed by atoms with E-state index in [2.05, 4.69) is 4.72 Å². The van der Waals surface area contributed by atoms with E-state index >= 15 is 0 Å². The van der Waals surface area contributed by atoms with Crippen LogP contribution in [-0.2, 0) is 16.6 Å². The fourth-order valence-corrected chi connectivity index (χ4v) is 5.07. The molecule has 39 heavy (non-hydrogen) atoms. The van der Waals surface area contributed by atoms with Crippen LogP contribution in [0.3, 0.4) is 0 Å². The van der Waals surface area contributed by atoms with E-state index < -0.39 is 20.9 Å². The minimum absolute atomic E-state index is 0.0117. The van der Waals surface area contributed by atoms with E-state index in [1.807, 2.05) is 0 Å². The molecule has 9 nitrogen and oxygen atoms in total. The minimum Gasteiger partial charge on any atom is -0.456 e. The van der Waals surface area contributed by atoms with Gasteiger partial charge in [-0.3, -0.25) is 19.6 Å². The number of hydrogen-bond donors (Lipinski definition) is 1. The first-order chi connectivity index (χ1) is 18.5. The average molecular weight is 586 g/mol. The van der Waals surface area contributed by atoms with Crippen molar-refractivity contribution < 1.29 is 22.9 Å². The lowest BCUT2D eigenvalue weighted by molar-refractivity contribution is -0.384. The molecule has 0 saturated carbocycles. The molecule has 0 aliphatic carbocycles. The number of amides is 1. The van der Waals surface area contributed by atoms with Gasteiger partial charge in [-0.2, -0.15) is 0 Å². The fourth-order valence-electron chi connectivity index (χ4n) is 3.65. The summed E-state index contributed by atoms with van der Waals surface area (Å²) in [6, 6.07) is 22.7. The van der Waals surface area contributed by atoms with Gasteiger partial charge in [-0.05, 0) is 60.2 Å². The molecule has 0 heterocycles. The Kier molecular flexibility index (Phi) is 8.39. The van der Waals surface area contributed by atoms with E-state index in [1.165, 1.54) is 72.6 Å². The molecule has 0 aliphatic heterocycles. The quantitative estimate of drug-likeness (QED) is 0.171. The van der Waals surface area contributed by atoms with Crippen molar-refractivity contribution >= 4 is 50.5 Å². The van der Waals surface area contributed by atoms with Gasteiger partial charge in [-0.25, -0.2) is 8.42 Å². The van der Waals surface area contributed by atoms with E-state index in [-0.39, 0.29) is 33.4 Å². The molecule has 0 saturated heterocycles. The molecule has 0 unspecified atom stereocenters. The van der Waals surface area contributed by atoms with Crippen molar-refractivity contribution in [2.75, 3.05) is 11.8 Å². The second-order valence-corrected chi connectivity index (χ2v) is 10.9. The SMILES string of the molecule is CN(Cc1cccc([N+](=O)[O-])c1)C(=O)c1cc(Cl)ccc1NS(=O)(=O)c1ccc(Oc2ccccc2Cl)cc1. The zero-order chi connectivity index (χ0) is 28.2. The number of nitro benzene ring substituents is 1. The second kappa shape index (κ2) is 11.7. The number of non-ortho nitro benzene ring substituents is 1. The Morgan fingerprint density at radius 1 is 0.974 bits per heavy atom. The highest BCUT2D eigenvalue weighted by Crippen LogP contribution is 2.30. The van der Waals surface area contributed by atoms with Crippen molar-refractivity contribution in [3.05, 3.63) is 122 Å². The van der Waals surface area contributed by atoms with Gasteiger partial charge in [-0.15, -0.1) is 0 Å². The summed E-state index contributed by atoms with van der Waals surface area (Å²) < 4.78 is 34.5. The zero-order valence-corrected chi connectivity index (χ0v) is 22.7. The van der Waals surface area contributed by atoms with Crippen LogP contribution in [0.4, 0.5) is 11.4 Å². The summed E-state index contributed by atoms with van der Waals surface area (Å²) in [4.78, 5) is 25.1. The van der Waals surface area contributed by atoms with E-state index in [0.717, 1.165) is 0 Å². The summed E-state index contributed by atoms with van der Waals surface area (Å²) in [5, 5.41) is 11.7. The molecule has 0 aliphatic rings. The van der Waals surface area contributed by atoms with Crippen LogP contribution in [0.2, 0.25) is 10.0 Å². The van der Waals surface area contributed by atoms with E-state index in [0.29, 0.717) is 22.1 Å². The van der Waals surface area contributed by atoms with Crippen LogP contribution in [-0.4, -0.2) is 31.2 Å². The monoisotopic (exact) mass is 585 g/mol. The number of benzene rings is 4. The van der Waals surface area contributed by atoms with Crippen molar-refractivity contribution in [3.8, 4) is 11.5 Å². The molecular formula is C27H21Cl2N3O6S. The summed E-state index contributed by atoms with van der Waals surface area (Å²) in [6.45, 7) is 0.0477. The number of nitro groups is 1. The highest BCUT2D eigenvalue weighted by molar-refractivity contribution is 7.92. The molecule has 4 aromatic rings. The second-order valence-electron chi connectivity index (χ2n) is 8.39. The Balaban J connectivity index is 1.54. The highest BCUT2D eigenvalue weighted by atomic mass is 35.5. The Hall–Kier alpha value is -4.12. The Morgan fingerprint density at radius 3 is 2.38 bits per heavy atom. The van der Waals surface area contributed by atoms with Crippen molar-refractivity contribution in [1.82, 2.24) is 4.90 Å². The number of nitrogens with one attached hydrogen (secondary N) is 1. The molecular weight excluding hydrogens is 565 g/mol. The van der Waals surface area contributed by atoms with Gasteiger partial charge in [0.05, 0.1) is 26.1 Å². The van der Waals surface area contributed by atoms with Crippen LogP contribution in [0.15, 0.2) is 95.9 Å². The minimum atomic E-state index is -4.10. The number of carbonyl (C=O) groups excluding carboxylic acids is 1. The molecule has 12 heteroatoms. The fraction of sp³-hybridized carbons (Fsp3) is 0.0741. The number of halogens is 2. The van der Waals surface area contributed by atoms with E-state index in [4.69, 9.17) is 27.9 Å². The number of ether oxygens (including phenoxy) is 1. The predicted molar refractivity (Wildman–Crippen MR) is 149 cm³/mol. The smallest absolute Gasteiger partial charge is 0.269 e. The first kappa shape index (κ1) is 27.9. The first-order valence-corrected chi connectivity index (χ1v) is 13.6. The topological polar surface area (TPSA) is 119 Å². The zero-order valence-electron chi connectivity index (χ0n) is 20.4. The molecule has 0 spiro atoms. The Bertz CT molecular complexity index is 1650. The third kappa shape index (κ3) is 6.85. The molecule has 0 radical (unpaired) electrons. The number of para-hydroxylation sites is 1. The molecule has 0 atom stereocenters. The van der Waals surface area contributed by atoms with Gasteiger partial charge in [0, 0.05) is 30.7 Å². The van der Waals surface area contributed by atoms with Gasteiger partial charge in [0.15, 0.2) is 0 Å². The van der Waals surface area contributed by atoms with Crippen molar-refractivity contribution in [2.45, 2.75) is 11.4 Å². The normalized spacial score (nSPS) is 11.1. The first-order valence-electron chi connectivity index (χ1n) is 11.4. The molecule has 1 amide bonds. The predicted octanol–water partition coefficient (Wildman–Crippen LogP) is 6.77. The Morgan fingerprint density at radius 2 is 1.69 bits per heavy atom. The summed E-state index contributed by atoms with van der Waals surface area (Å²) in [6.07, 6.45) is 0. The average Bonchev–Trinajstić information content (AvgIpc) is 2.91. The number of nitrogens with zero attached hydrogens (tertiary/aromatic N) is 2. The number of rotatable bonds is 9. The van der Waals surface area contributed by atoms with Gasteiger partial charge in [-0.1, -0.05) is 47.5 Å². The van der Waals surface area contributed by atoms with Crippen LogP contribution >= 0.6 is 23.2 Å². The van der Waals surface area contributed by atoms with Crippen molar-refractivity contribution in [1.29, 1.82) is 0 Å². The van der Waals surface area contributed by atoms with Gasteiger partial charge < -0.3 is 9.64 Å². The van der Waals surface area contributed by atoms with Gasteiger partial charge in [0.1, 0.15) is 11.5 Å². The summed E-state index contributed by atoms with van der Waals surface area (Å²) in [5.41, 5.74) is 0.459. The van der Waals surface area contributed by atoms with Gasteiger partial charge in [0.2, 0.25) is 0 Å². The molecule has 200 valence electrons. The van der Waals surface area contributed by atoms with Crippen LogP contribution in [0.1, 0.15) is 15.9 Å². The lowest BCUT2D eigenvalue weighted by atomic mass is 10.1. The van der Waals surface area contributed by atoms with Crippen molar-refractivity contribution in [3.63, 3.8) is 0 Å².